The van der Waals surface area contributed by atoms with Crippen LogP contribution in [0.1, 0.15) is 5.56 Å². The molecule has 0 amide bonds. The Morgan fingerprint density at radius 3 is 2.89 bits per heavy atom. The number of aromatic nitrogens is 2. The van der Waals surface area contributed by atoms with Crippen molar-refractivity contribution in [3.63, 3.8) is 0 Å². The topological polar surface area (TPSA) is 101 Å². The highest BCUT2D eigenvalue weighted by Crippen LogP contribution is 2.23. The van der Waals surface area contributed by atoms with Crippen LogP contribution < -0.4 is 10.5 Å². The number of nitrogens with two attached hydrogens (primary N) is 1. The molecule has 4 N–H and O–H groups in total. The number of rotatable bonds is 4. The third kappa shape index (κ3) is 2.86. The standard InChI is InChI=1S/C10H10ClFN4O2S/c11-7-1-2-8(12)9(3-7)16-19(17,18)10-6(4-13)5-14-15-10/h1-3,5,16H,4,13H2,(H,14,15). The molecule has 1 aromatic carbocycles. The minimum absolute atomic E-state index is 0.00916. The summed E-state index contributed by atoms with van der Waals surface area (Å²) in [6, 6.07) is 3.56. The molecule has 2 rings (SSSR count). The Bertz CT molecular complexity index is 701. The highest BCUT2D eigenvalue weighted by molar-refractivity contribution is 7.92. The lowest BCUT2D eigenvalue weighted by molar-refractivity contribution is 0.593. The zero-order valence-electron chi connectivity index (χ0n) is 9.52. The van der Waals surface area contributed by atoms with Crippen molar-refractivity contribution < 1.29 is 12.8 Å². The van der Waals surface area contributed by atoms with Gasteiger partial charge in [0.25, 0.3) is 10.0 Å². The summed E-state index contributed by atoms with van der Waals surface area (Å²) < 4.78 is 39.7. The van der Waals surface area contributed by atoms with Gasteiger partial charge in [-0.05, 0) is 18.2 Å². The van der Waals surface area contributed by atoms with Crippen LogP contribution in [-0.2, 0) is 16.6 Å². The average Bonchev–Trinajstić information content (AvgIpc) is 2.82. The van der Waals surface area contributed by atoms with E-state index >= 15 is 0 Å². The van der Waals surface area contributed by atoms with E-state index in [1.165, 1.54) is 18.3 Å². The quantitative estimate of drug-likeness (QED) is 0.796. The van der Waals surface area contributed by atoms with Gasteiger partial charge >= 0.3 is 0 Å². The zero-order chi connectivity index (χ0) is 14.0. The van der Waals surface area contributed by atoms with Gasteiger partial charge in [0.1, 0.15) is 5.82 Å². The van der Waals surface area contributed by atoms with E-state index in [1.54, 1.807) is 0 Å². The number of hydrogen-bond donors (Lipinski definition) is 3. The molecule has 2 aromatic rings. The van der Waals surface area contributed by atoms with E-state index in [0.29, 0.717) is 5.56 Å². The Morgan fingerprint density at radius 2 is 2.21 bits per heavy atom. The van der Waals surface area contributed by atoms with Crippen LogP contribution in [-0.4, -0.2) is 18.6 Å². The normalized spacial score (nSPS) is 11.5. The van der Waals surface area contributed by atoms with Crippen LogP contribution in [0.4, 0.5) is 10.1 Å². The van der Waals surface area contributed by atoms with Crippen LogP contribution in [0.15, 0.2) is 29.4 Å². The lowest BCUT2D eigenvalue weighted by atomic mass is 10.3. The fourth-order valence-corrected chi connectivity index (χ4v) is 2.82. The molecular weight excluding hydrogens is 295 g/mol. The second-order valence-electron chi connectivity index (χ2n) is 3.66. The Kier molecular flexibility index (Phi) is 3.74. The Labute approximate surface area is 113 Å². The molecule has 0 saturated heterocycles. The van der Waals surface area contributed by atoms with E-state index in [0.717, 1.165) is 6.07 Å². The number of nitrogens with zero attached hydrogens (tertiary/aromatic N) is 1. The van der Waals surface area contributed by atoms with E-state index in [-0.39, 0.29) is 22.3 Å². The summed E-state index contributed by atoms with van der Waals surface area (Å²) in [5, 5.41) is 5.92. The third-order valence-electron chi connectivity index (χ3n) is 2.34. The number of hydrogen-bond acceptors (Lipinski definition) is 4. The minimum atomic E-state index is -4.00. The fraction of sp³-hybridized carbons (Fsp3) is 0.100. The second kappa shape index (κ2) is 5.16. The van der Waals surface area contributed by atoms with Crippen LogP contribution in [0, 0.1) is 5.82 Å². The van der Waals surface area contributed by atoms with Gasteiger partial charge in [-0.15, -0.1) is 0 Å². The number of halogens is 2. The van der Waals surface area contributed by atoms with Crippen molar-refractivity contribution in [2.75, 3.05) is 4.72 Å². The first-order chi connectivity index (χ1) is 8.94. The second-order valence-corrected chi connectivity index (χ2v) is 5.71. The molecule has 1 aromatic heterocycles. The molecule has 0 saturated carbocycles. The van der Waals surface area contributed by atoms with E-state index in [2.05, 4.69) is 14.9 Å². The monoisotopic (exact) mass is 304 g/mol. The molecule has 102 valence electrons. The SMILES string of the molecule is NCc1cn[nH]c1S(=O)(=O)Nc1cc(Cl)ccc1F. The number of aromatic amines is 1. The molecule has 0 aliphatic heterocycles. The summed E-state index contributed by atoms with van der Waals surface area (Å²) >= 11 is 5.69. The average molecular weight is 305 g/mol. The highest BCUT2D eigenvalue weighted by atomic mass is 35.5. The number of H-pyrrole nitrogens is 1. The van der Waals surface area contributed by atoms with Gasteiger partial charge in [0.15, 0.2) is 5.03 Å². The Balaban J connectivity index is 2.39. The maximum Gasteiger partial charge on any atom is 0.279 e. The van der Waals surface area contributed by atoms with Crippen LogP contribution in [0.5, 0.6) is 0 Å². The van der Waals surface area contributed by atoms with Crippen molar-refractivity contribution in [1.82, 2.24) is 10.2 Å². The molecule has 0 atom stereocenters. The van der Waals surface area contributed by atoms with Gasteiger partial charge in [0.05, 0.1) is 11.9 Å². The maximum atomic E-state index is 13.5. The molecule has 9 heteroatoms. The fourth-order valence-electron chi connectivity index (χ4n) is 1.45. The van der Waals surface area contributed by atoms with Gasteiger partial charge in [-0.2, -0.15) is 13.5 Å². The zero-order valence-corrected chi connectivity index (χ0v) is 11.1. The molecule has 1 heterocycles. The molecule has 0 bridgehead atoms. The smallest absolute Gasteiger partial charge is 0.279 e. The van der Waals surface area contributed by atoms with Crippen molar-refractivity contribution in [3.05, 3.63) is 40.8 Å². The predicted octanol–water partition coefficient (Wildman–Crippen LogP) is 1.46. The van der Waals surface area contributed by atoms with Crippen molar-refractivity contribution in [2.45, 2.75) is 11.6 Å². The first-order valence-electron chi connectivity index (χ1n) is 5.14. The Morgan fingerprint density at radius 1 is 1.47 bits per heavy atom. The van der Waals surface area contributed by atoms with Gasteiger partial charge in [-0.3, -0.25) is 9.82 Å². The number of anilines is 1. The lowest BCUT2D eigenvalue weighted by Crippen LogP contribution is -2.17. The molecule has 0 spiro atoms. The van der Waals surface area contributed by atoms with Crippen molar-refractivity contribution in [2.24, 2.45) is 5.73 Å². The first kappa shape index (κ1) is 13.8. The predicted molar refractivity (Wildman–Crippen MR) is 68.7 cm³/mol. The van der Waals surface area contributed by atoms with Gasteiger partial charge in [-0.25, -0.2) is 4.39 Å². The van der Waals surface area contributed by atoms with E-state index < -0.39 is 15.8 Å². The van der Waals surface area contributed by atoms with E-state index in [4.69, 9.17) is 17.3 Å². The summed E-state index contributed by atoms with van der Waals surface area (Å²) in [7, 11) is -4.00. The molecule has 0 fully saturated rings. The third-order valence-corrected chi connectivity index (χ3v) is 3.95. The first-order valence-corrected chi connectivity index (χ1v) is 7.00. The van der Waals surface area contributed by atoms with Gasteiger partial charge in [0, 0.05) is 17.1 Å². The summed E-state index contributed by atoms with van der Waals surface area (Å²) in [5.74, 6) is -0.734. The minimum Gasteiger partial charge on any atom is -0.326 e. The highest BCUT2D eigenvalue weighted by Gasteiger charge is 2.21. The summed E-state index contributed by atoms with van der Waals surface area (Å²) in [4.78, 5) is 0. The van der Waals surface area contributed by atoms with E-state index in [1.807, 2.05) is 0 Å². The number of sulfonamides is 1. The number of nitrogens with one attached hydrogen (secondary N) is 2. The molecular formula is C10H10ClFN4O2S. The summed E-state index contributed by atoms with van der Waals surface area (Å²) in [6.07, 6.45) is 1.29. The maximum absolute atomic E-state index is 13.5. The van der Waals surface area contributed by atoms with Crippen molar-refractivity contribution >= 4 is 27.3 Å². The molecule has 0 radical (unpaired) electrons. The molecule has 0 aliphatic rings. The van der Waals surface area contributed by atoms with Crippen LogP contribution >= 0.6 is 11.6 Å². The lowest BCUT2D eigenvalue weighted by Gasteiger charge is -2.08. The van der Waals surface area contributed by atoms with Crippen LogP contribution in [0.3, 0.4) is 0 Å². The molecule has 6 nitrogen and oxygen atoms in total. The largest absolute Gasteiger partial charge is 0.326 e. The van der Waals surface area contributed by atoms with Crippen LogP contribution in [0.25, 0.3) is 0 Å². The van der Waals surface area contributed by atoms with Crippen molar-refractivity contribution in [1.29, 1.82) is 0 Å². The van der Waals surface area contributed by atoms with Crippen LogP contribution in [0.2, 0.25) is 5.02 Å². The number of benzene rings is 1. The van der Waals surface area contributed by atoms with Gasteiger partial charge in [0.2, 0.25) is 0 Å². The summed E-state index contributed by atoms with van der Waals surface area (Å²) in [5.41, 5.74) is 5.45. The van der Waals surface area contributed by atoms with Gasteiger partial charge < -0.3 is 5.73 Å². The Hall–Kier alpha value is -1.64. The van der Waals surface area contributed by atoms with Crippen molar-refractivity contribution in [3.8, 4) is 0 Å². The molecule has 0 aliphatic carbocycles. The molecule has 19 heavy (non-hydrogen) atoms. The molecule has 0 unspecified atom stereocenters. The summed E-state index contributed by atoms with van der Waals surface area (Å²) in [6.45, 7) is -0.00916. The van der Waals surface area contributed by atoms with Gasteiger partial charge in [-0.1, -0.05) is 11.6 Å². The van der Waals surface area contributed by atoms with E-state index in [9.17, 15) is 12.8 Å².